The maximum atomic E-state index is 10.8. The molecule has 0 heterocycles. The van der Waals surface area contributed by atoms with Crippen LogP contribution in [0.15, 0.2) is 24.3 Å². The van der Waals surface area contributed by atoms with E-state index >= 15 is 0 Å². The number of aldehydes is 1. The first-order valence-electron chi connectivity index (χ1n) is 5.27. The summed E-state index contributed by atoms with van der Waals surface area (Å²) in [5, 5.41) is 21.2. The van der Waals surface area contributed by atoms with Crippen molar-refractivity contribution in [3.63, 3.8) is 0 Å². The average molecular weight is 252 g/mol. The number of rotatable bonds is 6. The highest BCUT2D eigenvalue weighted by Crippen LogP contribution is 2.26. The highest BCUT2D eigenvalue weighted by molar-refractivity contribution is 5.55. The lowest BCUT2D eigenvalue weighted by molar-refractivity contribution is -0.484. The molecule has 0 bridgehead atoms. The van der Waals surface area contributed by atoms with Gasteiger partial charge in [0.15, 0.2) is 0 Å². The summed E-state index contributed by atoms with van der Waals surface area (Å²) in [5.74, 6) is -1.23. The zero-order valence-corrected chi connectivity index (χ0v) is 9.68. The van der Waals surface area contributed by atoms with Gasteiger partial charge in [-0.2, -0.15) is 0 Å². The lowest BCUT2D eigenvalue weighted by Gasteiger charge is -2.15. The highest BCUT2D eigenvalue weighted by Gasteiger charge is 2.25. The summed E-state index contributed by atoms with van der Waals surface area (Å²) >= 11 is 0. The summed E-state index contributed by atoms with van der Waals surface area (Å²) in [6.45, 7) is 1.13. The lowest BCUT2D eigenvalue weighted by atomic mass is 9.88. The van der Waals surface area contributed by atoms with E-state index in [9.17, 15) is 25.0 Å². The molecule has 0 N–H and O–H groups in total. The van der Waals surface area contributed by atoms with E-state index in [1.54, 1.807) is 13.0 Å². The van der Waals surface area contributed by atoms with Gasteiger partial charge in [-0.05, 0) is 5.56 Å². The van der Waals surface area contributed by atoms with Gasteiger partial charge in [0.05, 0.1) is 10.8 Å². The van der Waals surface area contributed by atoms with Crippen molar-refractivity contribution < 1.29 is 14.6 Å². The smallest absolute Gasteiger partial charge is 0.269 e. The van der Waals surface area contributed by atoms with E-state index in [-0.39, 0.29) is 5.69 Å². The van der Waals surface area contributed by atoms with E-state index in [4.69, 9.17) is 0 Å². The fraction of sp³-hybridized carbons (Fsp3) is 0.364. The molecule has 0 spiro atoms. The summed E-state index contributed by atoms with van der Waals surface area (Å²) in [6, 6.07) is 5.59. The van der Waals surface area contributed by atoms with Crippen LogP contribution in [0, 0.1) is 26.1 Å². The van der Waals surface area contributed by atoms with Crippen LogP contribution in [-0.2, 0) is 4.79 Å². The van der Waals surface area contributed by atoms with Crippen molar-refractivity contribution in [2.75, 3.05) is 6.54 Å². The van der Waals surface area contributed by atoms with Crippen LogP contribution < -0.4 is 0 Å². The largest absolute Gasteiger partial charge is 0.303 e. The second kappa shape index (κ2) is 5.85. The summed E-state index contributed by atoms with van der Waals surface area (Å²) < 4.78 is 0. The zero-order chi connectivity index (χ0) is 13.7. The Morgan fingerprint density at radius 3 is 2.50 bits per heavy atom. The van der Waals surface area contributed by atoms with Gasteiger partial charge in [-0.1, -0.05) is 19.1 Å². The monoisotopic (exact) mass is 252 g/mol. The minimum absolute atomic E-state index is 0.140. The number of nitro groups is 2. The molecule has 1 rings (SSSR count). The van der Waals surface area contributed by atoms with Crippen LogP contribution in [0.3, 0.4) is 0 Å². The molecule has 0 amide bonds. The van der Waals surface area contributed by atoms with Crippen LogP contribution in [0.4, 0.5) is 5.69 Å². The van der Waals surface area contributed by atoms with Crippen molar-refractivity contribution in [2.45, 2.75) is 12.8 Å². The summed E-state index contributed by atoms with van der Waals surface area (Å²) in [7, 11) is 0. The molecule has 0 saturated heterocycles. The molecule has 1 aromatic rings. The van der Waals surface area contributed by atoms with Gasteiger partial charge < -0.3 is 4.79 Å². The Bertz CT molecular complexity index is 474. The molecule has 0 saturated carbocycles. The third-order valence-corrected chi connectivity index (χ3v) is 2.70. The van der Waals surface area contributed by atoms with Crippen LogP contribution in [0.5, 0.6) is 0 Å². The number of carbonyl (C=O) groups excluding carboxylic acids is 1. The van der Waals surface area contributed by atoms with Crippen LogP contribution >= 0.6 is 0 Å². The van der Waals surface area contributed by atoms with Crippen molar-refractivity contribution in [1.29, 1.82) is 0 Å². The molecule has 0 fully saturated rings. The van der Waals surface area contributed by atoms with Crippen molar-refractivity contribution in [2.24, 2.45) is 5.92 Å². The van der Waals surface area contributed by atoms with E-state index in [0.29, 0.717) is 11.8 Å². The van der Waals surface area contributed by atoms with Crippen LogP contribution in [-0.4, -0.2) is 22.7 Å². The molecule has 18 heavy (non-hydrogen) atoms. The molecule has 7 heteroatoms. The first kappa shape index (κ1) is 13.8. The lowest BCUT2D eigenvalue weighted by Crippen LogP contribution is -2.20. The van der Waals surface area contributed by atoms with Gasteiger partial charge in [0.25, 0.3) is 5.69 Å². The zero-order valence-electron chi connectivity index (χ0n) is 9.68. The van der Waals surface area contributed by atoms with E-state index in [0.717, 1.165) is 0 Å². The number of hydrogen-bond acceptors (Lipinski definition) is 5. The summed E-state index contributed by atoms with van der Waals surface area (Å²) in [6.07, 6.45) is 0.618. The minimum atomic E-state index is -0.655. The molecule has 7 nitrogen and oxygen atoms in total. The van der Waals surface area contributed by atoms with E-state index in [1.165, 1.54) is 18.2 Å². The maximum absolute atomic E-state index is 10.8. The van der Waals surface area contributed by atoms with E-state index in [1.807, 2.05) is 0 Å². The SMILES string of the molecule is C[C@@H](C=O)[C@H](C[N+](=O)[O-])c1cccc([N+](=O)[O-])c1. The van der Waals surface area contributed by atoms with Gasteiger partial charge in [0.2, 0.25) is 6.54 Å². The number of benzene rings is 1. The molecule has 1 aromatic carbocycles. The maximum Gasteiger partial charge on any atom is 0.269 e. The third-order valence-electron chi connectivity index (χ3n) is 2.70. The average Bonchev–Trinajstić information content (AvgIpc) is 2.35. The number of hydrogen-bond donors (Lipinski definition) is 0. The molecular weight excluding hydrogens is 240 g/mol. The third kappa shape index (κ3) is 3.34. The Kier molecular flexibility index (Phi) is 4.47. The Morgan fingerprint density at radius 2 is 2.00 bits per heavy atom. The predicted molar refractivity (Wildman–Crippen MR) is 62.9 cm³/mol. The molecule has 0 aromatic heterocycles. The highest BCUT2D eigenvalue weighted by atomic mass is 16.6. The molecule has 96 valence electrons. The van der Waals surface area contributed by atoms with Gasteiger partial charge in [-0.15, -0.1) is 0 Å². The second-order valence-electron chi connectivity index (χ2n) is 3.97. The van der Waals surface area contributed by atoms with Crippen LogP contribution in [0.2, 0.25) is 0 Å². The first-order valence-corrected chi connectivity index (χ1v) is 5.27. The molecule has 0 unspecified atom stereocenters. The predicted octanol–water partition coefficient (Wildman–Crippen LogP) is 1.79. The Labute approximate surface area is 103 Å². The number of nitro benzene ring substituents is 1. The molecule has 0 radical (unpaired) electrons. The first-order chi connectivity index (χ1) is 8.45. The van der Waals surface area contributed by atoms with Crippen LogP contribution in [0.25, 0.3) is 0 Å². The summed E-state index contributed by atoms with van der Waals surface area (Å²) in [4.78, 5) is 30.9. The molecule has 0 aliphatic rings. The van der Waals surface area contributed by atoms with Crippen molar-refractivity contribution >= 4 is 12.0 Å². The number of nitrogens with zero attached hydrogens (tertiary/aromatic N) is 2. The number of non-ortho nitro benzene ring substituents is 1. The van der Waals surface area contributed by atoms with Gasteiger partial charge in [-0.3, -0.25) is 20.2 Å². The molecular formula is C11H12N2O5. The van der Waals surface area contributed by atoms with Crippen molar-refractivity contribution in [3.8, 4) is 0 Å². The van der Waals surface area contributed by atoms with E-state index < -0.39 is 28.2 Å². The Morgan fingerprint density at radius 1 is 1.33 bits per heavy atom. The normalized spacial score (nSPS) is 13.6. The van der Waals surface area contributed by atoms with Gasteiger partial charge in [0.1, 0.15) is 6.29 Å². The standard InChI is InChI=1S/C11H12N2O5/c1-8(7-14)11(6-12(15)16)9-3-2-4-10(5-9)13(17)18/h2-5,7-8,11H,6H2,1H3/t8-,11-/m0/s1. The Hall–Kier alpha value is -2.31. The topological polar surface area (TPSA) is 103 Å². The fourth-order valence-electron chi connectivity index (χ4n) is 1.70. The van der Waals surface area contributed by atoms with Gasteiger partial charge in [0, 0.05) is 23.0 Å². The Balaban J connectivity index is 3.11. The van der Waals surface area contributed by atoms with E-state index in [2.05, 4.69) is 0 Å². The summed E-state index contributed by atoms with van der Waals surface area (Å²) in [5.41, 5.74) is 0.291. The molecule has 0 aliphatic carbocycles. The molecule has 2 atom stereocenters. The quantitative estimate of drug-likeness (QED) is 0.436. The van der Waals surface area contributed by atoms with Gasteiger partial charge in [-0.25, -0.2) is 0 Å². The van der Waals surface area contributed by atoms with Crippen molar-refractivity contribution in [1.82, 2.24) is 0 Å². The number of carbonyl (C=O) groups is 1. The molecule has 0 aliphatic heterocycles. The second-order valence-corrected chi connectivity index (χ2v) is 3.97. The van der Waals surface area contributed by atoms with Crippen molar-refractivity contribution in [3.05, 3.63) is 50.1 Å². The van der Waals surface area contributed by atoms with Crippen LogP contribution in [0.1, 0.15) is 18.4 Å². The van der Waals surface area contributed by atoms with Gasteiger partial charge >= 0.3 is 0 Å². The fourth-order valence-corrected chi connectivity index (χ4v) is 1.70. The minimum Gasteiger partial charge on any atom is -0.303 e.